The van der Waals surface area contributed by atoms with E-state index in [4.69, 9.17) is 5.73 Å². The molecule has 0 saturated carbocycles. The molecule has 1 amide bonds. The normalized spacial score (nSPS) is 12.7. The lowest BCUT2D eigenvalue weighted by molar-refractivity contribution is 0.1000. The first-order chi connectivity index (χ1) is 15.4. The summed E-state index contributed by atoms with van der Waals surface area (Å²) in [6, 6.07) is 8.44. The zero-order valence-corrected chi connectivity index (χ0v) is 19.4. The van der Waals surface area contributed by atoms with Crippen molar-refractivity contribution >= 4 is 34.5 Å². The fourth-order valence-electron chi connectivity index (χ4n) is 4.29. The molecule has 0 bridgehead atoms. The van der Waals surface area contributed by atoms with E-state index in [1.54, 1.807) is 0 Å². The van der Waals surface area contributed by atoms with Gasteiger partial charge in [-0.1, -0.05) is 19.4 Å². The van der Waals surface area contributed by atoms with E-state index in [0.717, 1.165) is 71.6 Å². The van der Waals surface area contributed by atoms with Gasteiger partial charge in [-0.2, -0.15) is 0 Å². The number of likely N-dealkylation sites (N-methyl/N-ethyl adjacent to an activating group) is 2. The second-order valence-corrected chi connectivity index (χ2v) is 8.75. The molecular weight excluding hydrogens is 400 g/mol. The molecule has 2 aromatic carbocycles. The number of imidazole rings is 1. The fraction of sp³-hybridized carbons (Fsp3) is 0.400. The summed E-state index contributed by atoms with van der Waals surface area (Å²) in [5.41, 5.74) is 13.2. The summed E-state index contributed by atoms with van der Waals surface area (Å²) >= 11 is 0. The number of rotatable bonds is 9. The molecule has 0 spiro atoms. The number of hydrogen-bond acceptors (Lipinski definition) is 5. The van der Waals surface area contributed by atoms with Crippen LogP contribution < -0.4 is 10.6 Å². The Morgan fingerprint density at radius 1 is 1.19 bits per heavy atom. The SMILES string of the molecule is CCCCn1cnc2cc(-c3cc(N(C)CCN(C)C)c(C(N)=O)c4c3N=CC4)ccc21. The fourth-order valence-corrected chi connectivity index (χ4v) is 4.29. The molecular formula is C25H32N6O. The number of nitrogens with two attached hydrogens (primary N) is 1. The summed E-state index contributed by atoms with van der Waals surface area (Å²) in [6.07, 6.45) is 6.68. The molecule has 0 fully saturated rings. The molecule has 0 radical (unpaired) electrons. The van der Waals surface area contributed by atoms with Gasteiger partial charge in [0.2, 0.25) is 0 Å². The third kappa shape index (κ3) is 4.12. The van der Waals surface area contributed by atoms with Gasteiger partial charge in [0.1, 0.15) is 0 Å². The number of aromatic nitrogens is 2. The maximum Gasteiger partial charge on any atom is 0.251 e. The Balaban J connectivity index is 1.82. The molecule has 1 aromatic heterocycles. The van der Waals surface area contributed by atoms with Gasteiger partial charge >= 0.3 is 0 Å². The van der Waals surface area contributed by atoms with E-state index in [2.05, 4.69) is 55.5 Å². The molecule has 7 nitrogen and oxygen atoms in total. The van der Waals surface area contributed by atoms with Gasteiger partial charge in [-0.15, -0.1) is 0 Å². The van der Waals surface area contributed by atoms with Gasteiger partial charge < -0.3 is 20.1 Å². The van der Waals surface area contributed by atoms with Crippen molar-refractivity contribution in [1.29, 1.82) is 0 Å². The highest BCUT2D eigenvalue weighted by molar-refractivity contribution is 6.06. The maximum atomic E-state index is 12.5. The summed E-state index contributed by atoms with van der Waals surface area (Å²) in [7, 11) is 6.09. The van der Waals surface area contributed by atoms with Crippen LogP contribution in [0.4, 0.5) is 11.4 Å². The number of nitrogens with zero attached hydrogens (tertiary/aromatic N) is 5. The van der Waals surface area contributed by atoms with Crippen LogP contribution in [-0.2, 0) is 13.0 Å². The van der Waals surface area contributed by atoms with E-state index in [0.29, 0.717) is 12.0 Å². The molecule has 3 aromatic rings. The number of unbranched alkanes of at least 4 members (excludes halogenated alkanes) is 1. The van der Waals surface area contributed by atoms with Crippen molar-refractivity contribution in [3.8, 4) is 11.1 Å². The molecule has 32 heavy (non-hydrogen) atoms. The van der Waals surface area contributed by atoms with Crippen molar-refractivity contribution in [2.24, 2.45) is 10.7 Å². The lowest BCUT2D eigenvalue weighted by Crippen LogP contribution is -2.30. The van der Waals surface area contributed by atoms with Gasteiger partial charge in [-0.25, -0.2) is 4.98 Å². The number of anilines is 1. The summed E-state index contributed by atoms with van der Waals surface area (Å²) in [4.78, 5) is 26.0. The number of primary amides is 1. The highest BCUT2D eigenvalue weighted by atomic mass is 16.1. The van der Waals surface area contributed by atoms with E-state index in [-0.39, 0.29) is 0 Å². The van der Waals surface area contributed by atoms with Crippen molar-refractivity contribution in [2.45, 2.75) is 32.7 Å². The number of hydrogen-bond donors (Lipinski definition) is 1. The second-order valence-electron chi connectivity index (χ2n) is 8.75. The Morgan fingerprint density at radius 2 is 2.00 bits per heavy atom. The van der Waals surface area contributed by atoms with E-state index in [1.807, 2.05) is 33.7 Å². The predicted octanol–water partition coefficient (Wildman–Crippen LogP) is 3.86. The number of benzene rings is 2. The van der Waals surface area contributed by atoms with Crippen LogP contribution in [0.25, 0.3) is 22.2 Å². The first kappa shape index (κ1) is 22.0. The van der Waals surface area contributed by atoms with Gasteiger partial charge in [-0.3, -0.25) is 9.79 Å². The van der Waals surface area contributed by atoms with Crippen LogP contribution in [0.3, 0.4) is 0 Å². The van der Waals surface area contributed by atoms with Crippen molar-refractivity contribution in [1.82, 2.24) is 14.5 Å². The van der Waals surface area contributed by atoms with Crippen LogP contribution in [0.15, 0.2) is 35.6 Å². The van der Waals surface area contributed by atoms with E-state index in [9.17, 15) is 4.79 Å². The Labute approximate surface area is 189 Å². The van der Waals surface area contributed by atoms with Crippen molar-refractivity contribution in [2.75, 3.05) is 39.1 Å². The van der Waals surface area contributed by atoms with Crippen LogP contribution in [-0.4, -0.2) is 60.8 Å². The summed E-state index contributed by atoms with van der Waals surface area (Å²) in [5, 5.41) is 0. The van der Waals surface area contributed by atoms with E-state index < -0.39 is 5.91 Å². The standard InChI is InChI=1S/C25H32N6O/c1-5-6-11-31-16-28-20-14-17(7-8-21(20)31)19-15-22(30(4)13-12-29(2)3)23(25(26)32)18-9-10-27-24(18)19/h7-8,10,14-16H,5-6,9,11-13H2,1-4H3,(H2,26,32). The lowest BCUT2D eigenvalue weighted by Gasteiger charge is -2.26. The molecule has 4 rings (SSSR count). The van der Waals surface area contributed by atoms with Crippen LogP contribution in [0.5, 0.6) is 0 Å². The van der Waals surface area contributed by atoms with Crippen LogP contribution >= 0.6 is 0 Å². The Hall–Kier alpha value is -3.19. The summed E-state index contributed by atoms with van der Waals surface area (Å²) in [6.45, 7) is 4.83. The third-order valence-electron chi connectivity index (χ3n) is 6.12. The number of amides is 1. The lowest BCUT2D eigenvalue weighted by atomic mass is 9.93. The molecule has 2 heterocycles. The molecule has 0 saturated heterocycles. The molecule has 0 aliphatic carbocycles. The minimum atomic E-state index is -0.407. The zero-order valence-electron chi connectivity index (χ0n) is 19.4. The summed E-state index contributed by atoms with van der Waals surface area (Å²) < 4.78 is 2.21. The van der Waals surface area contributed by atoms with E-state index >= 15 is 0 Å². The largest absolute Gasteiger partial charge is 0.373 e. The second kappa shape index (κ2) is 9.12. The predicted molar refractivity (Wildman–Crippen MR) is 132 cm³/mol. The third-order valence-corrected chi connectivity index (χ3v) is 6.12. The van der Waals surface area contributed by atoms with Gasteiger partial charge in [0.25, 0.3) is 5.91 Å². The molecule has 7 heteroatoms. The first-order valence-corrected chi connectivity index (χ1v) is 11.2. The van der Waals surface area contributed by atoms with Gasteiger partial charge in [-0.05, 0) is 49.8 Å². The van der Waals surface area contributed by atoms with E-state index in [1.165, 1.54) is 0 Å². The average molecular weight is 433 g/mol. The first-order valence-electron chi connectivity index (χ1n) is 11.2. The van der Waals surface area contributed by atoms with Crippen LogP contribution in [0.1, 0.15) is 35.7 Å². The number of carbonyl (C=O) groups is 1. The van der Waals surface area contributed by atoms with Gasteiger partial charge in [0.15, 0.2) is 0 Å². The van der Waals surface area contributed by atoms with Crippen molar-refractivity contribution in [3.05, 3.63) is 41.7 Å². The molecule has 0 atom stereocenters. The molecule has 1 aliphatic rings. The van der Waals surface area contributed by atoms with Gasteiger partial charge in [0, 0.05) is 44.9 Å². The number of aliphatic imine (C=N–C) groups is 1. The highest BCUT2D eigenvalue weighted by Crippen LogP contribution is 2.43. The minimum absolute atomic E-state index is 0.407. The number of carbonyl (C=O) groups excluding carboxylic acids is 1. The van der Waals surface area contributed by atoms with Crippen LogP contribution in [0, 0.1) is 0 Å². The quantitative estimate of drug-likeness (QED) is 0.557. The maximum absolute atomic E-state index is 12.5. The van der Waals surface area contributed by atoms with Crippen molar-refractivity contribution in [3.63, 3.8) is 0 Å². The number of aryl methyl sites for hydroxylation is 1. The molecule has 1 aliphatic heterocycles. The molecule has 0 unspecified atom stereocenters. The molecule has 2 N–H and O–H groups in total. The Kier molecular flexibility index (Phi) is 6.28. The topological polar surface area (TPSA) is 79.8 Å². The number of fused-ring (bicyclic) bond motifs is 2. The average Bonchev–Trinajstić information content (AvgIpc) is 3.41. The zero-order chi connectivity index (χ0) is 22.8. The summed E-state index contributed by atoms with van der Waals surface area (Å²) in [5.74, 6) is -0.407. The van der Waals surface area contributed by atoms with Gasteiger partial charge in [0.05, 0.1) is 34.3 Å². The Morgan fingerprint density at radius 3 is 2.72 bits per heavy atom. The van der Waals surface area contributed by atoms with Crippen molar-refractivity contribution < 1.29 is 4.79 Å². The Bertz CT molecular complexity index is 1180. The van der Waals surface area contributed by atoms with Crippen LogP contribution in [0.2, 0.25) is 0 Å². The smallest absolute Gasteiger partial charge is 0.251 e. The highest BCUT2D eigenvalue weighted by Gasteiger charge is 2.25. The molecule has 168 valence electrons. The minimum Gasteiger partial charge on any atom is -0.373 e. The monoisotopic (exact) mass is 432 g/mol.